The van der Waals surface area contributed by atoms with Crippen molar-refractivity contribution in [1.82, 2.24) is 5.32 Å². The smallest absolute Gasteiger partial charge is 0.126 e. The van der Waals surface area contributed by atoms with Crippen molar-refractivity contribution in [2.24, 2.45) is 0 Å². The lowest BCUT2D eigenvalue weighted by molar-refractivity contribution is 0.269. The second-order valence-electron chi connectivity index (χ2n) is 4.55. The van der Waals surface area contributed by atoms with E-state index in [2.05, 4.69) is 5.32 Å². The van der Waals surface area contributed by atoms with Crippen LogP contribution in [0.4, 0.5) is 4.39 Å². The minimum Gasteiger partial charge on any atom is -0.492 e. The van der Waals surface area contributed by atoms with Gasteiger partial charge in [0.25, 0.3) is 0 Å². The fourth-order valence-corrected chi connectivity index (χ4v) is 2.11. The van der Waals surface area contributed by atoms with Crippen LogP contribution in [0.25, 0.3) is 0 Å². The third kappa shape index (κ3) is 4.22. The van der Waals surface area contributed by atoms with Crippen molar-refractivity contribution in [3.63, 3.8) is 0 Å². The third-order valence-corrected chi connectivity index (χ3v) is 3.31. The highest BCUT2D eigenvalue weighted by atomic mass is 35.5. The Morgan fingerprint density at radius 3 is 2.70 bits per heavy atom. The minimum atomic E-state index is -0.185. The maximum atomic E-state index is 13.6. The molecule has 1 N–H and O–H groups in total. The van der Waals surface area contributed by atoms with Gasteiger partial charge in [-0.1, -0.05) is 35.9 Å². The van der Waals surface area contributed by atoms with Crippen molar-refractivity contribution in [1.29, 1.82) is 0 Å². The lowest BCUT2D eigenvalue weighted by Gasteiger charge is -2.17. The average Bonchev–Trinajstić information content (AvgIpc) is 2.45. The Bertz CT molecular complexity index is 562. The predicted molar refractivity (Wildman–Crippen MR) is 79.9 cm³/mol. The maximum Gasteiger partial charge on any atom is 0.126 e. The zero-order chi connectivity index (χ0) is 14.4. The van der Waals surface area contributed by atoms with Crippen LogP contribution in [0, 0.1) is 5.82 Å². The molecule has 2 nitrogen and oxygen atoms in total. The largest absolute Gasteiger partial charge is 0.492 e. The predicted octanol–water partition coefficient (Wildman–Crippen LogP) is 3.69. The summed E-state index contributed by atoms with van der Waals surface area (Å²) in [5.74, 6) is 0.529. The van der Waals surface area contributed by atoms with Crippen LogP contribution in [0.5, 0.6) is 5.75 Å². The van der Waals surface area contributed by atoms with E-state index in [0.29, 0.717) is 29.4 Å². The quantitative estimate of drug-likeness (QED) is 0.877. The number of ether oxygens (including phenoxy) is 1. The SMILES string of the molecule is CNC(COc1cccc(Cl)c1)Cc1ccccc1F. The highest BCUT2D eigenvalue weighted by molar-refractivity contribution is 6.30. The Morgan fingerprint density at radius 1 is 1.20 bits per heavy atom. The van der Waals surface area contributed by atoms with Crippen molar-refractivity contribution in [2.45, 2.75) is 12.5 Å². The van der Waals surface area contributed by atoms with Gasteiger partial charge >= 0.3 is 0 Å². The zero-order valence-corrected chi connectivity index (χ0v) is 12.0. The third-order valence-electron chi connectivity index (χ3n) is 3.08. The molecule has 0 fully saturated rings. The van der Waals surface area contributed by atoms with Crippen LogP contribution in [0.2, 0.25) is 5.02 Å². The van der Waals surface area contributed by atoms with Crippen LogP contribution in [-0.4, -0.2) is 19.7 Å². The second-order valence-corrected chi connectivity index (χ2v) is 4.99. The van der Waals surface area contributed by atoms with E-state index < -0.39 is 0 Å². The van der Waals surface area contributed by atoms with E-state index in [1.165, 1.54) is 6.07 Å². The molecule has 0 aromatic heterocycles. The topological polar surface area (TPSA) is 21.3 Å². The van der Waals surface area contributed by atoms with E-state index in [4.69, 9.17) is 16.3 Å². The fourth-order valence-electron chi connectivity index (χ4n) is 1.93. The van der Waals surface area contributed by atoms with Crippen LogP contribution >= 0.6 is 11.6 Å². The van der Waals surface area contributed by atoms with Gasteiger partial charge in [-0.3, -0.25) is 0 Å². The van der Waals surface area contributed by atoms with E-state index in [1.54, 1.807) is 24.3 Å². The molecule has 0 amide bonds. The lowest BCUT2D eigenvalue weighted by atomic mass is 10.1. The van der Waals surface area contributed by atoms with E-state index >= 15 is 0 Å². The summed E-state index contributed by atoms with van der Waals surface area (Å²) in [6.45, 7) is 0.450. The normalized spacial score (nSPS) is 12.2. The lowest BCUT2D eigenvalue weighted by Crippen LogP contribution is -2.34. The van der Waals surface area contributed by atoms with Crippen molar-refractivity contribution in [2.75, 3.05) is 13.7 Å². The first-order valence-corrected chi connectivity index (χ1v) is 6.86. The Labute approximate surface area is 123 Å². The molecule has 4 heteroatoms. The summed E-state index contributed by atoms with van der Waals surface area (Å²) < 4.78 is 19.3. The maximum absolute atomic E-state index is 13.6. The number of hydrogen-bond donors (Lipinski definition) is 1. The number of hydrogen-bond acceptors (Lipinski definition) is 2. The molecule has 0 saturated heterocycles. The molecule has 0 aliphatic rings. The Balaban J connectivity index is 1.94. The molecule has 0 radical (unpaired) electrons. The molecule has 0 bridgehead atoms. The van der Waals surface area contributed by atoms with E-state index in [9.17, 15) is 4.39 Å². The van der Waals surface area contributed by atoms with Crippen molar-refractivity contribution >= 4 is 11.6 Å². The highest BCUT2D eigenvalue weighted by Crippen LogP contribution is 2.17. The number of likely N-dealkylation sites (N-methyl/N-ethyl adjacent to an activating group) is 1. The molecule has 1 unspecified atom stereocenters. The van der Waals surface area contributed by atoms with Gasteiger partial charge in [-0.05, 0) is 43.3 Å². The monoisotopic (exact) mass is 293 g/mol. The molecule has 2 rings (SSSR count). The summed E-state index contributed by atoms with van der Waals surface area (Å²) in [6.07, 6.45) is 0.573. The number of halogens is 2. The molecule has 1 atom stereocenters. The van der Waals surface area contributed by atoms with Gasteiger partial charge in [0.05, 0.1) is 0 Å². The summed E-state index contributed by atoms with van der Waals surface area (Å²) in [5.41, 5.74) is 0.682. The summed E-state index contributed by atoms with van der Waals surface area (Å²) in [6, 6.07) is 14.1. The van der Waals surface area contributed by atoms with E-state index in [-0.39, 0.29) is 11.9 Å². The van der Waals surface area contributed by atoms with Crippen molar-refractivity contribution in [3.05, 3.63) is 64.9 Å². The molecule has 0 aliphatic heterocycles. The van der Waals surface area contributed by atoms with Crippen LogP contribution in [0.3, 0.4) is 0 Å². The summed E-state index contributed by atoms with van der Waals surface area (Å²) in [7, 11) is 1.84. The van der Waals surface area contributed by atoms with E-state index in [1.807, 2.05) is 25.2 Å². The summed E-state index contributed by atoms with van der Waals surface area (Å²) in [4.78, 5) is 0. The Hall–Kier alpha value is -1.58. The molecular formula is C16H17ClFNO. The standard InChI is InChI=1S/C16H17ClFNO/c1-19-14(9-12-5-2-3-8-16(12)18)11-20-15-7-4-6-13(17)10-15/h2-8,10,14,19H,9,11H2,1H3. The molecule has 0 saturated carbocycles. The highest BCUT2D eigenvalue weighted by Gasteiger charge is 2.11. The van der Waals surface area contributed by atoms with Gasteiger partial charge in [-0.15, -0.1) is 0 Å². The average molecular weight is 294 g/mol. The Kier molecular flexibility index (Phi) is 5.39. The van der Waals surface area contributed by atoms with Gasteiger partial charge in [-0.25, -0.2) is 4.39 Å². The van der Waals surface area contributed by atoms with Crippen molar-refractivity contribution in [3.8, 4) is 5.75 Å². The first-order chi connectivity index (χ1) is 9.69. The minimum absolute atomic E-state index is 0.0332. The van der Waals surface area contributed by atoms with Crippen LogP contribution in [-0.2, 0) is 6.42 Å². The summed E-state index contributed by atoms with van der Waals surface area (Å²) in [5, 5.41) is 3.77. The van der Waals surface area contributed by atoms with Crippen molar-refractivity contribution < 1.29 is 9.13 Å². The number of rotatable bonds is 6. The Morgan fingerprint density at radius 2 is 2.00 bits per heavy atom. The first kappa shape index (κ1) is 14.8. The zero-order valence-electron chi connectivity index (χ0n) is 11.3. The van der Waals surface area contributed by atoms with Gasteiger partial charge < -0.3 is 10.1 Å². The van der Waals surface area contributed by atoms with Gasteiger partial charge in [0.1, 0.15) is 18.2 Å². The number of benzene rings is 2. The summed E-state index contributed by atoms with van der Waals surface area (Å²) >= 11 is 5.90. The molecule has 2 aromatic carbocycles. The van der Waals surface area contributed by atoms with Gasteiger partial charge in [-0.2, -0.15) is 0 Å². The molecule has 20 heavy (non-hydrogen) atoms. The van der Waals surface area contributed by atoms with Crippen LogP contribution in [0.1, 0.15) is 5.56 Å². The number of nitrogens with one attached hydrogen (secondary N) is 1. The fraction of sp³-hybridized carbons (Fsp3) is 0.250. The molecule has 0 spiro atoms. The van der Waals surface area contributed by atoms with Gasteiger partial charge in [0, 0.05) is 11.1 Å². The molecule has 0 aliphatic carbocycles. The molecular weight excluding hydrogens is 277 g/mol. The van der Waals surface area contributed by atoms with Crippen LogP contribution < -0.4 is 10.1 Å². The first-order valence-electron chi connectivity index (χ1n) is 6.48. The molecule has 106 valence electrons. The second kappa shape index (κ2) is 7.27. The molecule has 0 heterocycles. The van der Waals surface area contributed by atoms with Crippen LogP contribution in [0.15, 0.2) is 48.5 Å². The molecule has 2 aromatic rings. The van der Waals surface area contributed by atoms with Gasteiger partial charge in [0.2, 0.25) is 0 Å². The van der Waals surface area contributed by atoms with Gasteiger partial charge in [0.15, 0.2) is 0 Å². The van der Waals surface area contributed by atoms with E-state index in [0.717, 1.165) is 0 Å².